The molecule has 0 aliphatic carbocycles. The molecule has 1 aliphatic rings. The standard InChI is InChI=1S/C31H31FN6O6/c1-3-36(4-2)25(39)18-44-31(43)24-16-23(34-35-24)20-10-11-22(32)26-21(17-33-27(20)26)28(40)30(42)38-14-12-37(13-15-38)29(41)19-8-6-5-7-9-19/h5-11,16-17,33H,3-4,12-15,18H2,1-2H3,(H,34,35). The molecule has 1 fully saturated rings. The third-order valence-electron chi connectivity index (χ3n) is 7.61. The molecule has 2 aromatic carbocycles. The van der Waals surface area contributed by atoms with Crippen molar-refractivity contribution in [2.75, 3.05) is 45.9 Å². The maximum absolute atomic E-state index is 15.1. The normalized spacial score (nSPS) is 13.2. The third kappa shape index (κ3) is 5.93. The highest BCUT2D eigenvalue weighted by molar-refractivity contribution is 6.45. The lowest BCUT2D eigenvalue weighted by Gasteiger charge is -2.34. The molecule has 1 aliphatic heterocycles. The number of hydrogen-bond donors (Lipinski definition) is 2. The first-order valence-electron chi connectivity index (χ1n) is 14.2. The van der Waals surface area contributed by atoms with Crippen LogP contribution in [0.4, 0.5) is 4.39 Å². The van der Waals surface area contributed by atoms with Crippen LogP contribution >= 0.6 is 0 Å². The number of hydrogen-bond acceptors (Lipinski definition) is 7. The zero-order valence-corrected chi connectivity index (χ0v) is 24.3. The van der Waals surface area contributed by atoms with Gasteiger partial charge >= 0.3 is 5.97 Å². The number of halogens is 1. The number of H-pyrrole nitrogens is 2. The molecule has 0 bridgehead atoms. The number of ether oxygens (including phenoxy) is 1. The molecule has 44 heavy (non-hydrogen) atoms. The lowest BCUT2D eigenvalue weighted by atomic mass is 10.0. The number of nitrogens with zero attached hydrogens (tertiary/aromatic N) is 4. The first kappa shape index (κ1) is 30.1. The average molecular weight is 603 g/mol. The highest BCUT2D eigenvalue weighted by Gasteiger charge is 2.31. The molecule has 0 saturated carbocycles. The number of carbonyl (C=O) groups is 5. The Balaban J connectivity index is 1.29. The van der Waals surface area contributed by atoms with Crippen LogP contribution < -0.4 is 0 Å². The highest BCUT2D eigenvalue weighted by atomic mass is 19.1. The van der Waals surface area contributed by atoms with E-state index in [-0.39, 0.29) is 65.8 Å². The van der Waals surface area contributed by atoms with Gasteiger partial charge in [0.1, 0.15) is 11.5 Å². The summed E-state index contributed by atoms with van der Waals surface area (Å²) in [6.07, 6.45) is 1.27. The lowest BCUT2D eigenvalue weighted by Crippen LogP contribution is -2.52. The number of benzene rings is 2. The number of ketones is 1. The topological polar surface area (TPSA) is 149 Å². The second-order valence-electron chi connectivity index (χ2n) is 10.1. The van der Waals surface area contributed by atoms with Gasteiger partial charge < -0.3 is 24.4 Å². The van der Waals surface area contributed by atoms with Crippen LogP contribution in [-0.2, 0) is 14.3 Å². The van der Waals surface area contributed by atoms with Gasteiger partial charge in [-0.3, -0.25) is 24.3 Å². The van der Waals surface area contributed by atoms with Crippen LogP contribution in [0.15, 0.2) is 54.7 Å². The number of amides is 3. The summed E-state index contributed by atoms with van der Waals surface area (Å²) < 4.78 is 20.2. The molecule has 3 amide bonds. The minimum absolute atomic E-state index is 0.0206. The van der Waals surface area contributed by atoms with E-state index in [0.717, 1.165) is 6.07 Å². The Morgan fingerprint density at radius 2 is 1.64 bits per heavy atom. The Bertz CT molecular complexity index is 1720. The smallest absolute Gasteiger partial charge is 0.356 e. The number of Topliss-reactive ketones (excluding diaryl/α,β-unsaturated/α-hetero) is 1. The highest BCUT2D eigenvalue weighted by Crippen LogP contribution is 2.32. The van der Waals surface area contributed by atoms with E-state index in [2.05, 4.69) is 15.2 Å². The molecule has 0 spiro atoms. The Morgan fingerprint density at radius 1 is 0.955 bits per heavy atom. The zero-order chi connectivity index (χ0) is 31.4. The fourth-order valence-electron chi connectivity index (χ4n) is 5.17. The van der Waals surface area contributed by atoms with Crippen molar-refractivity contribution < 1.29 is 33.1 Å². The summed E-state index contributed by atoms with van der Waals surface area (Å²) >= 11 is 0. The van der Waals surface area contributed by atoms with Crippen LogP contribution in [0.5, 0.6) is 0 Å². The quantitative estimate of drug-likeness (QED) is 0.170. The van der Waals surface area contributed by atoms with Crippen molar-refractivity contribution >= 4 is 40.4 Å². The van der Waals surface area contributed by atoms with Crippen LogP contribution in [0, 0.1) is 5.82 Å². The molecule has 1 saturated heterocycles. The monoisotopic (exact) mass is 602 g/mol. The van der Waals surface area contributed by atoms with Crippen molar-refractivity contribution in [1.82, 2.24) is 29.9 Å². The van der Waals surface area contributed by atoms with E-state index in [1.807, 2.05) is 19.9 Å². The van der Waals surface area contributed by atoms with E-state index in [1.54, 1.807) is 29.2 Å². The third-order valence-corrected chi connectivity index (χ3v) is 7.61. The Hall–Kier alpha value is -5.33. The number of piperazine rings is 1. The maximum atomic E-state index is 15.1. The van der Waals surface area contributed by atoms with E-state index >= 15 is 4.39 Å². The van der Waals surface area contributed by atoms with Crippen molar-refractivity contribution in [2.45, 2.75) is 13.8 Å². The number of fused-ring (bicyclic) bond motifs is 1. The Labute approximate surface area is 251 Å². The molecular formula is C31H31FN6O6. The first-order chi connectivity index (χ1) is 21.2. The molecule has 0 unspecified atom stereocenters. The molecule has 0 atom stereocenters. The molecule has 4 aromatic rings. The second kappa shape index (κ2) is 12.9. The van der Waals surface area contributed by atoms with Crippen LogP contribution in [0.25, 0.3) is 22.2 Å². The molecule has 0 radical (unpaired) electrons. The minimum Gasteiger partial charge on any atom is -0.451 e. The SMILES string of the molecule is CCN(CC)C(=O)COC(=O)c1cc(-c2ccc(F)c3c(C(=O)C(=O)N4CCN(C(=O)c5ccccc5)CC4)c[nH]c23)n[nH]1. The van der Waals surface area contributed by atoms with Crippen molar-refractivity contribution in [3.63, 3.8) is 0 Å². The molecule has 228 valence electrons. The lowest BCUT2D eigenvalue weighted by molar-refractivity contribution is -0.134. The number of esters is 1. The number of aromatic nitrogens is 3. The summed E-state index contributed by atoms with van der Waals surface area (Å²) in [5.41, 5.74) is 1.21. The van der Waals surface area contributed by atoms with E-state index < -0.39 is 30.1 Å². The largest absolute Gasteiger partial charge is 0.451 e. The van der Waals surface area contributed by atoms with Gasteiger partial charge in [-0.1, -0.05) is 18.2 Å². The van der Waals surface area contributed by atoms with Gasteiger partial charge in [0, 0.05) is 62.0 Å². The van der Waals surface area contributed by atoms with Crippen LogP contribution in [-0.4, -0.2) is 105 Å². The predicted octanol–water partition coefficient (Wildman–Crippen LogP) is 2.89. The Kier molecular flexibility index (Phi) is 8.83. The summed E-state index contributed by atoms with van der Waals surface area (Å²) in [7, 11) is 0. The van der Waals surface area contributed by atoms with Crippen molar-refractivity contribution in [1.29, 1.82) is 0 Å². The van der Waals surface area contributed by atoms with Crippen LogP contribution in [0.2, 0.25) is 0 Å². The molecular weight excluding hydrogens is 571 g/mol. The summed E-state index contributed by atoms with van der Waals surface area (Å²) in [6.45, 7) is 5.02. The zero-order valence-electron chi connectivity index (χ0n) is 24.3. The van der Waals surface area contributed by atoms with Gasteiger partial charge in [0.05, 0.1) is 16.8 Å². The fourth-order valence-corrected chi connectivity index (χ4v) is 5.17. The predicted molar refractivity (Wildman–Crippen MR) is 157 cm³/mol. The van der Waals surface area contributed by atoms with E-state index in [0.29, 0.717) is 24.2 Å². The average Bonchev–Trinajstić information content (AvgIpc) is 3.73. The minimum atomic E-state index is -0.890. The van der Waals surface area contributed by atoms with Gasteiger partial charge in [0.2, 0.25) is 0 Å². The molecule has 13 heteroatoms. The second-order valence-corrected chi connectivity index (χ2v) is 10.1. The number of rotatable bonds is 9. The van der Waals surface area contributed by atoms with Crippen molar-refractivity contribution in [3.8, 4) is 11.3 Å². The summed E-state index contributed by atoms with van der Waals surface area (Å²) in [5.74, 6) is -3.68. The number of aromatic amines is 2. The van der Waals surface area contributed by atoms with E-state index in [1.165, 1.54) is 28.1 Å². The maximum Gasteiger partial charge on any atom is 0.356 e. The summed E-state index contributed by atoms with van der Waals surface area (Å²) in [4.78, 5) is 71.3. The summed E-state index contributed by atoms with van der Waals surface area (Å²) in [5, 5.41) is 6.61. The molecule has 2 N–H and O–H groups in total. The van der Waals surface area contributed by atoms with Crippen LogP contribution in [0.1, 0.15) is 45.1 Å². The number of likely N-dealkylation sites (N-methyl/N-ethyl adjacent to an activating group) is 1. The van der Waals surface area contributed by atoms with Gasteiger partial charge in [-0.25, -0.2) is 9.18 Å². The van der Waals surface area contributed by atoms with E-state index in [9.17, 15) is 24.0 Å². The van der Waals surface area contributed by atoms with Crippen LogP contribution in [0.3, 0.4) is 0 Å². The van der Waals surface area contributed by atoms with Gasteiger partial charge in [-0.05, 0) is 44.2 Å². The fraction of sp³-hybridized carbons (Fsp3) is 0.290. The van der Waals surface area contributed by atoms with E-state index in [4.69, 9.17) is 4.74 Å². The molecule has 5 rings (SSSR count). The first-order valence-corrected chi connectivity index (χ1v) is 14.2. The van der Waals surface area contributed by atoms with Crippen molar-refractivity contribution in [3.05, 3.63) is 77.4 Å². The number of nitrogens with one attached hydrogen (secondary N) is 2. The van der Waals surface area contributed by atoms with Crippen molar-refractivity contribution in [2.24, 2.45) is 0 Å². The molecule has 3 heterocycles. The molecule has 2 aromatic heterocycles. The van der Waals surface area contributed by atoms with Gasteiger partial charge in [-0.15, -0.1) is 0 Å². The summed E-state index contributed by atoms with van der Waals surface area (Å²) in [6, 6.07) is 12.8. The van der Waals surface area contributed by atoms with Gasteiger partial charge in [-0.2, -0.15) is 5.10 Å². The Morgan fingerprint density at radius 3 is 2.32 bits per heavy atom. The van der Waals surface area contributed by atoms with Gasteiger partial charge in [0.15, 0.2) is 6.61 Å². The van der Waals surface area contributed by atoms with Gasteiger partial charge in [0.25, 0.3) is 23.5 Å². The molecule has 12 nitrogen and oxygen atoms in total. The number of carbonyl (C=O) groups excluding carboxylic acids is 5.